The van der Waals surface area contributed by atoms with Crippen LogP contribution in [0.3, 0.4) is 0 Å². The first-order valence-electron chi connectivity index (χ1n) is 7.34. The highest BCUT2D eigenvalue weighted by molar-refractivity contribution is 5.78. The summed E-state index contributed by atoms with van der Waals surface area (Å²) in [5.41, 5.74) is 0. The molecule has 2 saturated carbocycles. The Bertz CT molecular complexity index is 292. The molecule has 96 valence electrons. The van der Waals surface area contributed by atoms with Gasteiger partial charge in [-0.05, 0) is 31.1 Å². The third-order valence-electron chi connectivity index (χ3n) is 4.99. The average Bonchev–Trinajstić information content (AvgIpc) is 2.75. The number of fused-ring (bicyclic) bond motifs is 1. The van der Waals surface area contributed by atoms with E-state index in [-0.39, 0.29) is 5.91 Å². The summed E-state index contributed by atoms with van der Waals surface area (Å²) in [6.45, 7) is 0.837. The lowest BCUT2D eigenvalue weighted by molar-refractivity contribution is -0.119. The molecule has 2 aliphatic carbocycles. The van der Waals surface area contributed by atoms with Crippen LogP contribution < -0.4 is 10.6 Å². The standard InChI is InChI=1S/C14H24N2O/c17-14-8-13(9-15-14)16-12-6-5-10-3-1-2-4-11(10)7-12/h10-13,16H,1-9H2,(H,15,17). The summed E-state index contributed by atoms with van der Waals surface area (Å²) in [4.78, 5) is 11.2. The van der Waals surface area contributed by atoms with E-state index < -0.39 is 0 Å². The second kappa shape index (κ2) is 4.97. The summed E-state index contributed by atoms with van der Waals surface area (Å²) >= 11 is 0. The molecule has 2 N–H and O–H groups in total. The molecule has 1 amide bonds. The lowest BCUT2D eigenvalue weighted by atomic mass is 9.69. The lowest BCUT2D eigenvalue weighted by Gasteiger charge is -2.40. The van der Waals surface area contributed by atoms with Gasteiger partial charge in [0, 0.05) is 25.0 Å². The van der Waals surface area contributed by atoms with Crippen molar-refractivity contribution >= 4 is 5.91 Å². The van der Waals surface area contributed by atoms with Crippen molar-refractivity contribution in [3.05, 3.63) is 0 Å². The fourth-order valence-corrected chi connectivity index (χ4v) is 4.08. The van der Waals surface area contributed by atoms with Crippen LogP contribution in [0.1, 0.15) is 51.4 Å². The highest BCUT2D eigenvalue weighted by atomic mass is 16.1. The summed E-state index contributed by atoms with van der Waals surface area (Å²) < 4.78 is 0. The fraction of sp³-hybridized carbons (Fsp3) is 0.929. The molecule has 3 rings (SSSR count). The Morgan fingerprint density at radius 3 is 2.59 bits per heavy atom. The van der Waals surface area contributed by atoms with Crippen LogP contribution in [0.25, 0.3) is 0 Å². The summed E-state index contributed by atoms with van der Waals surface area (Å²) in [6.07, 6.45) is 10.6. The van der Waals surface area contributed by atoms with E-state index in [0.717, 1.165) is 18.4 Å². The first kappa shape index (κ1) is 11.5. The van der Waals surface area contributed by atoms with Gasteiger partial charge < -0.3 is 10.6 Å². The number of carbonyl (C=O) groups is 1. The predicted molar refractivity (Wildman–Crippen MR) is 67.6 cm³/mol. The quantitative estimate of drug-likeness (QED) is 0.768. The monoisotopic (exact) mass is 236 g/mol. The molecule has 0 aromatic heterocycles. The van der Waals surface area contributed by atoms with Crippen LogP contribution in [-0.2, 0) is 4.79 Å². The highest BCUT2D eigenvalue weighted by Gasteiger charge is 2.33. The Labute approximate surface area is 104 Å². The molecular formula is C14H24N2O. The van der Waals surface area contributed by atoms with Crippen molar-refractivity contribution in [3.8, 4) is 0 Å². The zero-order chi connectivity index (χ0) is 11.7. The molecule has 3 nitrogen and oxygen atoms in total. The molecule has 3 aliphatic rings. The van der Waals surface area contributed by atoms with Crippen molar-refractivity contribution < 1.29 is 4.79 Å². The summed E-state index contributed by atoms with van der Waals surface area (Å²) in [5, 5.41) is 6.61. The van der Waals surface area contributed by atoms with E-state index in [1.165, 1.54) is 44.9 Å². The largest absolute Gasteiger partial charge is 0.354 e. The molecule has 0 bridgehead atoms. The Kier molecular flexibility index (Phi) is 3.37. The fourth-order valence-electron chi connectivity index (χ4n) is 4.08. The van der Waals surface area contributed by atoms with Crippen molar-refractivity contribution in [1.29, 1.82) is 0 Å². The third kappa shape index (κ3) is 2.65. The van der Waals surface area contributed by atoms with E-state index in [0.29, 0.717) is 18.5 Å². The summed E-state index contributed by atoms with van der Waals surface area (Å²) in [7, 11) is 0. The molecular weight excluding hydrogens is 212 g/mol. The number of rotatable bonds is 2. The van der Waals surface area contributed by atoms with Gasteiger partial charge in [0.1, 0.15) is 0 Å². The Balaban J connectivity index is 1.50. The van der Waals surface area contributed by atoms with Gasteiger partial charge in [-0.25, -0.2) is 0 Å². The van der Waals surface area contributed by atoms with Crippen LogP contribution in [0, 0.1) is 11.8 Å². The number of amides is 1. The molecule has 3 heteroatoms. The van der Waals surface area contributed by atoms with Crippen LogP contribution in [0.15, 0.2) is 0 Å². The van der Waals surface area contributed by atoms with Gasteiger partial charge >= 0.3 is 0 Å². The third-order valence-corrected chi connectivity index (χ3v) is 4.99. The zero-order valence-electron chi connectivity index (χ0n) is 10.6. The predicted octanol–water partition coefficient (Wildman–Crippen LogP) is 1.82. The Morgan fingerprint density at radius 1 is 1.00 bits per heavy atom. The van der Waals surface area contributed by atoms with Crippen molar-refractivity contribution in [3.63, 3.8) is 0 Å². The molecule has 1 aliphatic heterocycles. The number of nitrogens with one attached hydrogen (secondary N) is 2. The van der Waals surface area contributed by atoms with Gasteiger partial charge in [0.05, 0.1) is 0 Å². The highest BCUT2D eigenvalue weighted by Crippen LogP contribution is 2.40. The minimum absolute atomic E-state index is 0.217. The normalized spacial score (nSPS) is 42.0. The first-order chi connectivity index (χ1) is 8.31. The van der Waals surface area contributed by atoms with Crippen molar-refractivity contribution in [2.75, 3.05) is 6.54 Å². The smallest absolute Gasteiger partial charge is 0.221 e. The van der Waals surface area contributed by atoms with E-state index in [1.54, 1.807) is 0 Å². The molecule has 0 aromatic rings. The maximum absolute atomic E-state index is 11.2. The van der Waals surface area contributed by atoms with E-state index in [4.69, 9.17) is 0 Å². The number of hydrogen-bond acceptors (Lipinski definition) is 2. The maximum Gasteiger partial charge on any atom is 0.221 e. The van der Waals surface area contributed by atoms with Crippen LogP contribution in [0.5, 0.6) is 0 Å². The van der Waals surface area contributed by atoms with Crippen molar-refractivity contribution in [1.82, 2.24) is 10.6 Å². The van der Waals surface area contributed by atoms with E-state index in [9.17, 15) is 4.79 Å². The topological polar surface area (TPSA) is 41.1 Å². The van der Waals surface area contributed by atoms with E-state index in [1.807, 2.05) is 0 Å². The van der Waals surface area contributed by atoms with E-state index >= 15 is 0 Å². The van der Waals surface area contributed by atoms with Gasteiger partial charge in [0.2, 0.25) is 5.91 Å². The second-order valence-electron chi connectivity index (χ2n) is 6.19. The van der Waals surface area contributed by atoms with Crippen LogP contribution in [0.4, 0.5) is 0 Å². The summed E-state index contributed by atoms with van der Waals surface area (Å²) in [5.74, 6) is 2.21. The zero-order valence-corrected chi connectivity index (χ0v) is 10.6. The average molecular weight is 236 g/mol. The SMILES string of the molecule is O=C1CC(NC2CCC3CCCCC3C2)CN1. The summed E-state index contributed by atoms with van der Waals surface area (Å²) in [6, 6.07) is 1.07. The van der Waals surface area contributed by atoms with Gasteiger partial charge in [-0.2, -0.15) is 0 Å². The number of carbonyl (C=O) groups excluding carboxylic acids is 1. The second-order valence-corrected chi connectivity index (χ2v) is 6.19. The molecule has 1 saturated heterocycles. The number of hydrogen-bond donors (Lipinski definition) is 2. The molecule has 1 heterocycles. The van der Waals surface area contributed by atoms with Gasteiger partial charge in [0.15, 0.2) is 0 Å². The molecule has 0 aromatic carbocycles. The maximum atomic E-state index is 11.2. The van der Waals surface area contributed by atoms with E-state index in [2.05, 4.69) is 10.6 Å². The molecule has 4 atom stereocenters. The molecule has 0 radical (unpaired) electrons. The van der Waals surface area contributed by atoms with Crippen LogP contribution >= 0.6 is 0 Å². The Hall–Kier alpha value is -0.570. The Morgan fingerprint density at radius 2 is 1.82 bits per heavy atom. The molecule has 0 spiro atoms. The van der Waals surface area contributed by atoms with Crippen LogP contribution in [0.2, 0.25) is 0 Å². The van der Waals surface area contributed by atoms with Gasteiger partial charge in [0.25, 0.3) is 0 Å². The van der Waals surface area contributed by atoms with Crippen LogP contribution in [-0.4, -0.2) is 24.5 Å². The van der Waals surface area contributed by atoms with Gasteiger partial charge in [-0.1, -0.05) is 25.7 Å². The van der Waals surface area contributed by atoms with Crippen molar-refractivity contribution in [2.45, 2.75) is 63.5 Å². The van der Waals surface area contributed by atoms with Gasteiger partial charge in [-0.15, -0.1) is 0 Å². The first-order valence-corrected chi connectivity index (χ1v) is 7.34. The lowest BCUT2D eigenvalue weighted by Crippen LogP contribution is -2.44. The molecule has 17 heavy (non-hydrogen) atoms. The van der Waals surface area contributed by atoms with Gasteiger partial charge in [-0.3, -0.25) is 4.79 Å². The molecule has 4 unspecified atom stereocenters. The molecule has 3 fully saturated rings. The minimum atomic E-state index is 0.217. The minimum Gasteiger partial charge on any atom is -0.354 e. The van der Waals surface area contributed by atoms with Crippen molar-refractivity contribution in [2.24, 2.45) is 11.8 Å².